The van der Waals surface area contributed by atoms with Crippen LogP contribution in [0.4, 0.5) is 0 Å². The zero-order valence-electron chi connectivity index (χ0n) is 7.54. The Bertz CT molecular complexity index is 246. The van der Waals surface area contributed by atoms with Crippen LogP contribution in [0.5, 0.6) is 0 Å². The van der Waals surface area contributed by atoms with Crippen molar-refractivity contribution in [3.63, 3.8) is 0 Å². The van der Waals surface area contributed by atoms with E-state index in [1.807, 2.05) is 31.2 Å². The van der Waals surface area contributed by atoms with Gasteiger partial charge in [0.05, 0.1) is 0 Å². The number of benzene rings is 1. The van der Waals surface area contributed by atoms with Crippen molar-refractivity contribution in [3.05, 3.63) is 35.4 Å². The first kappa shape index (κ1) is 9.23. The summed E-state index contributed by atoms with van der Waals surface area (Å²) in [5.41, 5.74) is 6.64. The summed E-state index contributed by atoms with van der Waals surface area (Å²) in [6, 6.07) is 8.00. The van der Waals surface area contributed by atoms with E-state index in [4.69, 9.17) is 5.73 Å². The van der Waals surface area contributed by atoms with Crippen LogP contribution in [0.15, 0.2) is 24.3 Å². The molecule has 0 aliphatic carbocycles. The molecule has 1 atom stereocenters. The molecule has 0 saturated heterocycles. The lowest BCUT2D eigenvalue weighted by molar-refractivity contribution is 0.0677. The van der Waals surface area contributed by atoms with Gasteiger partial charge in [-0.25, -0.2) is 0 Å². The van der Waals surface area contributed by atoms with Gasteiger partial charge < -0.3 is 10.8 Å². The molecule has 0 aromatic heterocycles. The van der Waals surface area contributed by atoms with Crippen molar-refractivity contribution in [1.29, 1.82) is 0 Å². The molecule has 12 heavy (non-hydrogen) atoms. The van der Waals surface area contributed by atoms with E-state index in [0.29, 0.717) is 6.42 Å². The maximum Gasteiger partial charge on any atom is 0.114 e. The Balaban J connectivity index is 2.71. The molecule has 0 radical (unpaired) electrons. The van der Waals surface area contributed by atoms with Crippen LogP contribution in [-0.4, -0.2) is 10.8 Å². The van der Waals surface area contributed by atoms with E-state index in [9.17, 15) is 5.11 Å². The predicted molar refractivity (Wildman–Crippen MR) is 49.7 cm³/mol. The molecule has 2 nitrogen and oxygen atoms in total. The average molecular weight is 165 g/mol. The molecule has 0 saturated carbocycles. The minimum absolute atomic E-state index is 0.493. The summed E-state index contributed by atoms with van der Waals surface area (Å²) in [7, 11) is 0. The predicted octanol–water partition coefficient (Wildman–Crippen LogP) is 1.20. The average Bonchev–Trinajstić information content (AvgIpc) is 1.91. The highest BCUT2D eigenvalue weighted by molar-refractivity contribution is 5.22. The van der Waals surface area contributed by atoms with Gasteiger partial charge in [-0.3, -0.25) is 0 Å². The van der Waals surface area contributed by atoms with Crippen molar-refractivity contribution in [1.82, 2.24) is 0 Å². The molecule has 0 amide bonds. The molecule has 1 rings (SSSR count). The third kappa shape index (κ3) is 3.03. The van der Waals surface area contributed by atoms with Gasteiger partial charge in [-0.15, -0.1) is 0 Å². The highest BCUT2D eigenvalue weighted by Gasteiger charge is 2.12. The summed E-state index contributed by atoms with van der Waals surface area (Å²) in [6.45, 7) is 3.64. The van der Waals surface area contributed by atoms with Crippen LogP contribution in [-0.2, 0) is 6.42 Å². The van der Waals surface area contributed by atoms with Crippen molar-refractivity contribution < 1.29 is 5.11 Å². The van der Waals surface area contributed by atoms with Crippen molar-refractivity contribution >= 4 is 0 Å². The first-order chi connectivity index (χ1) is 5.47. The highest BCUT2D eigenvalue weighted by atomic mass is 16.3. The van der Waals surface area contributed by atoms with E-state index < -0.39 is 5.72 Å². The molecule has 0 fully saturated rings. The van der Waals surface area contributed by atoms with Crippen LogP contribution >= 0.6 is 0 Å². The zero-order chi connectivity index (χ0) is 9.19. The molecule has 0 spiro atoms. The first-order valence-corrected chi connectivity index (χ1v) is 4.04. The SMILES string of the molecule is Cc1ccc(CC(C)(N)O)cc1. The van der Waals surface area contributed by atoms with Crippen molar-refractivity contribution in [2.75, 3.05) is 0 Å². The molecule has 1 unspecified atom stereocenters. The van der Waals surface area contributed by atoms with Gasteiger partial charge in [0.1, 0.15) is 5.72 Å². The third-order valence-electron chi connectivity index (χ3n) is 1.68. The molecular weight excluding hydrogens is 150 g/mol. The van der Waals surface area contributed by atoms with E-state index in [2.05, 4.69) is 0 Å². The summed E-state index contributed by atoms with van der Waals surface area (Å²) < 4.78 is 0. The highest BCUT2D eigenvalue weighted by Crippen LogP contribution is 2.08. The van der Waals surface area contributed by atoms with Crippen molar-refractivity contribution in [2.45, 2.75) is 26.0 Å². The fourth-order valence-corrected chi connectivity index (χ4v) is 1.12. The Morgan fingerprint density at radius 1 is 1.33 bits per heavy atom. The number of hydrogen-bond acceptors (Lipinski definition) is 2. The van der Waals surface area contributed by atoms with Gasteiger partial charge >= 0.3 is 0 Å². The Labute approximate surface area is 73.0 Å². The van der Waals surface area contributed by atoms with Crippen molar-refractivity contribution in [2.24, 2.45) is 5.73 Å². The molecule has 2 heteroatoms. The monoisotopic (exact) mass is 165 g/mol. The Morgan fingerprint density at radius 3 is 2.25 bits per heavy atom. The van der Waals surface area contributed by atoms with Gasteiger partial charge in [0.2, 0.25) is 0 Å². The topological polar surface area (TPSA) is 46.2 Å². The molecule has 1 aromatic rings. The van der Waals surface area contributed by atoms with Gasteiger partial charge in [-0.05, 0) is 19.4 Å². The summed E-state index contributed by atoms with van der Waals surface area (Å²) in [5, 5.41) is 9.32. The maximum absolute atomic E-state index is 9.32. The Morgan fingerprint density at radius 2 is 1.83 bits per heavy atom. The van der Waals surface area contributed by atoms with E-state index in [-0.39, 0.29) is 0 Å². The van der Waals surface area contributed by atoms with E-state index in [1.54, 1.807) is 6.92 Å². The fraction of sp³-hybridized carbons (Fsp3) is 0.400. The molecule has 0 aliphatic rings. The van der Waals surface area contributed by atoms with Crippen LogP contribution in [0.25, 0.3) is 0 Å². The van der Waals surface area contributed by atoms with E-state index in [1.165, 1.54) is 5.56 Å². The number of rotatable bonds is 2. The van der Waals surface area contributed by atoms with Crippen LogP contribution in [0, 0.1) is 6.92 Å². The van der Waals surface area contributed by atoms with E-state index in [0.717, 1.165) is 5.56 Å². The molecule has 0 bridgehead atoms. The molecular formula is C10H15NO. The van der Waals surface area contributed by atoms with Crippen LogP contribution in [0.3, 0.4) is 0 Å². The minimum atomic E-state index is -1.10. The standard InChI is InChI=1S/C10H15NO/c1-8-3-5-9(6-4-8)7-10(2,11)12/h3-6,12H,7,11H2,1-2H3. The summed E-state index contributed by atoms with van der Waals surface area (Å²) in [4.78, 5) is 0. The van der Waals surface area contributed by atoms with Gasteiger partial charge in [-0.2, -0.15) is 0 Å². The first-order valence-electron chi connectivity index (χ1n) is 4.04. The van der Waals surface area contributed by atoms with Crippen LogP contribution in [0.2, 0.25) is 0 Å². The van der Waals surface area contributed by atoms with Gasteiger partial charge in [0.25, 0.3) is 0 Å². The fourth-order valence-electron chi connectivity index (χ4n) is 1.12. The lowest BCUT2D eigenvalue weighted by Crippen LogP contribution is -2.37. The summed E-state index contributed by atoms with van der Waals surface area (Å²) in [6.07, 6.45) is 0.493. The van der Waals surface area contributed by atoms with Crippen molar-refractivity contribution in [3.8, 4) is 0 Å². The molecule has 1 aromatic carbocycles. The quantitative estimate of drug-likeness (QED) is 0.647. The lowest BCUT2D eigenvalue weighted by atomic mass is 10.0. The smallest absolute Gasteiger partial charge is 0.114 e. The van der Waals surface area contributed by atoms with Gasteiger partial charge in [-0.1, -0.05) is 29.8 Å². The largest absolute Gasteiger partial charge is 0.376 e. The van der Waals surface area contributed by atoms with Crippen LogP contribution < -0.4 is 5.73 Å². The normalized spacial score (nSPS) is 15.7. The zero-order valence-corrected chi connectivity index (χ0v) is 7.54. The number of nitrogens with two attached hydrogens (primary N) is 1. The minimum Gasteiger partial charge on any atom is -0.376 e. The van der Waals surface area contributed by atoms with Gasteiger partial charge in [0.15, 0.2) is 0 Å². The molecule has 3 N–H and O–H groups in total. The summed E-state index contributed by atoms with van der Waals surface area (Å²) in [5.74, 6) is 0. The molecule has 0 aliphatic heterocycles. The molecule has 0 heterocycles. The lowest BCUT2D eigenvalue weighted by Gasteiger charge is -2.16. The van der Waals surface area contributed by atoms with E-state index >= 15 is 0 Å². The molecule has 66 valence electrons. The number of aryl methyl sites for hydroxylation is 1. The third-order valence-corrected chi connectivity index (χ3v) is 1.68. The van der Waals surface area contributed by atoms with Gasteiger partial charge in [0, 0.05) is 6.42 Å². The second-order valence-electron chi connectivity index (χ2n) is 3.52. The Hall–Kier alpha value is -0.860. The number of hydrogen-bond donors (Lipinski definition) is 2. The Kier molecular flexibility index (Phi) is 2.50. The van der Waals surface area contributed by atoms with Crippen LogP contribution in [0.1, 0.15) is 18.1 Å². The second-order valence-corrected chi connectivity index (χ2v) is 3.52. The number of aliphatic hydroxyl groups is 1. The summed E-state index contributed by atoms with van der Waals surface area (Å²) >= 11 is 0. The maximum atomic E-state index is 9.32. The second kappa shape index (κ2) is 3.25.